The molecule has 3 heteroatoms. The molecular formula is C15H21NO2. The third kappa shape index (κ3) is 2.31. The Morgan fingerprint density at radius 2 is 1.78 bits per heavy atom. The summed E-state index contributed by atoms with van der Waals surface area (Å²) in [6.07, 6.45) is 11.3. The van der Waals surface area contributed by atoms with Crippen molar-refractivity contribution in [1.29, 1.82) is 0 Å². The quantitative estimate of drug-likeness (QED) is 0.820. The summed E-state index contributed by atoms with van der Waals surface area (Å²) in [5.41, 5.74) is 1.18. The second kappa shape index (κ2) is 5.17. The molecule has 0 aromatic carbocycles. The highest BCUT2D eigenvalue weighted by Gasteiger charge is 2.26. The Balaban J connectivity index is 1.68. The molecule has 18 heavy (non-hydrogen) atoms. The molecule has 2 aliphatic carbocycles. The molecule has 98 valence electrons. The third-order valence-corrected chi connectivity index (χ3v) is 4.39. The number of rotatable bonds is 3. The van der Waals surface area contributed by atoms with Gasteiger partial charge in [0.25, 0.3) is 0 Å². The minimum atomic E-state index is -0.0389. The van der Waals surface area contributed by atoms with Gasteiger partial charge in [0.1, 0.15) is 0 Å². The van der Waals surface area contributed by atoms with Crippen molar-refractivity contribution in [2.45, 2.75) is 57.3 Å². The van der Waals surface area contributed by atoms with Gasteiger partial charge < -0.3 is 4.84 Å². The summed E-state index contributed by atoms with van der Waals surface area (Å²) in [4.78, 5) is 17.6. The average molecular weight is 247 g/mol. The fraction of sp³-hybridized carbons (Fsp3) is 0.667. The van der Waals surface area contributed by atoms with Gasteiger partial charge in [0.05, 0.1) is 11.6 Å². The Bertz CT molecular complexity index is 412. The van der Waals surface area contributed by atoms with Crippen LogP contribution in [-0.2, 0) is 4.79 Å². The van der Waals surface area contributed by atoms with E-state index < -0.39 is 0 Å². The molecule has 0 radical (unpaired) electrons. The van der Waals surface area contributed by atoms with Gasteiger partial charge in [0, 0.05) is 12.1 Å². The maximum Gasteiger partial charge on any atom is 0.335 e. The van der Waals surface area contributed by atoms with Crippen LogP contribution in [0, 0.1) is 5.92 Å². The molecule has 0 amide bonds. The van der Waals surface area contributed by atoms with Crippen molar-refractivity contribution in [3.8, 4) is 0 Å². The first-order valence-corrected chi connectivity index (χ1v) is 7.24. The molecule has 0 spiro atoms. The fourth-order valence-electron chi connectivity index (χ4n) is 3.33. The molecule has 1 heterocycles. The lowest BCUT2D eigenvalue weighted by atomic mass is 10.1. The van der Waals surface area contributed by atoms with Gasteiger partial charge in [-0.05, 0) is 37.8 Å². The van der Waals surface area contributed by atoms with Crippen molar-refractivity contribution >= 4 is 5.97 Å². The molecule has 0 saturated heterocycles. The maximum atomic E-state index is 12.0. The van der Waals surface area contributed by atoms with Crippen LogP contribution in [0.2, 0.25) is 0 Å². The number of hydrogen-bond donors (Lipinski definition) is 0. The van der Waals surface area contributed by atoms with E-state index in [4.69, 9.17) is 4.84 Å². The first-order chi connectivity index (χ1) is 8.84. The molecule has 0 unspecified atom stereocenters. The number of carbonyl (C=O) groups excluding carboxylic acids is 1. The summed E-state index contributed by atoms with van der Waals surface area (Å²) in [5.74, 6) is 0.670. The topological polar surface area (TPSA) is 31.2 Å². The van der Waals surface area contributed by atoms with Crippen LogP contribution in [0.1, 0.15) is 63.0 Å². The zero-order chi connectivity index (χ0) is 12.4. The highest BCUT2D eigenvalue weighted by Crippen LogP contribution is 2.34. The monoisotopic (exact) mass is 247 g/mol. The first kappa shape index (κ1) is 11.8. The van der Waals surface area contributed by atoms with E-state index in [0.717, 1.165) is 12.8 Å². The predicted molar refractivity (Wildman–Crippen MR) is 69.2 cm³/mol. The summed E-state index contributed by atoms with van der Waals surface area (Å²) >= 11 is 0. The van der Waals surface area contributed by atoms with E-state index in [1.165, 1.54) is 44.2 Å². The van der Waals surface area contributed by atoms with Gasteiger partial charge in [0.2, 0.25) is 0 Å². The Morgan fingerprint density at radius 1 is 1.11 bits per heavy atom. The molecule has 1 aromatic rings. The van der Waals surface area contributed by atoms with E-state index in [2.05, 4.69) is 6.07 Å². The van der Waals surface area contributed by atoms with Crippen molar-refractivity contribution in [3.63, 3.8) is 0 Å². The summed E-state index contributed by atoms with van der Waals surface area (Å²) in [6.45, 7) is 0. The summed E-state index contributed by atoms with van der Waals surface area (Å²) in [7, 11) is 0. The van der Waals surface area contributed by atoms with Gasteiger partial charge in [-0.2, -0.15) is 4.73 Å². The van der Waals surface area contributed by atoms with E-state index in [1.807, 2.05) is 12.3 Å². The molecule has 0 atom stereocenters. The highest BCUT2D eigenvalue weighted by atomic mass is 16.7. The predicted octanol–water partition coefficient (Wildman–Crippen LogP) is 3.29. The average Bonchev–Trinajstić information content (AvgIpc) is 3.11. The molecule has 1 aromatic heterocycles. The van der Waals surface area contributed by atoms with Crippen molar-refractivity contribution in [2.75, 3.05) is 0 Å². The summed E-state index contributed by atoms with van der Waals surface area (Å²) < 4.78 is 1.72. The molecule has 3 nitrogen and oxygen atoms in total. The van der Waals surface area contributed by atoms with Crippen LogP contribution < -0.4 is 4.84 Å². The van der Waals surface area contributed by atoms with Gasteiger partial charge in [-0.25, -0.2) is 4.79 Å². The molecular weight excluding hydrogens is 226 g/mol. The molecule has 2 fully saturated rings. The second-order valence-electron chi connectivity index (χ2n) is 5.63. The lowest BCUT2D eigenvalue weighted by Crippen LogP contribution is -2.26. The van der Waals surface area contributed by atoms with Gasteiger partial charge in [-0.3, -0.25) is 0 Å². The van der Waals surface area contributed by atoms with Crippen LogP contribution in [0.25, 0.3) is 0 Å². The number of nitrogens with zero attached hydrogens (tertiary/aromatic N) is 1. The third-order valence-electron chi connectivity index (χ3n) is 4.39. The Hall–Kier alpha value is -1.25. The SMILES string of the molecule is O=C(On1cccc1C1CCCC1)C1CCCC1. The number of aromatic nitrogens is 1. The smallest absolute Gasteiger partial charge is 0.335 e. The van der Waals surface area contributed by atoms with Crippen molar-refractivity contribution < 1.29 is 9.63 Å². The largest absolute Gasteiger partial charge is 0.337 e. The molecule has 0 aliphatic heterocycles. The fourth-order valence-corrected chi connectivity index (χ4v) is 3.33. The molecule has 3 rings (SSSR count). The molecule has 2 saturated carbocycles. The first-order valence-electron chi connectivity index (χ1n) is 7.24. The van der Waals surface area contributed by atoms with Crippen LogP contribution in [-0.4, -0.2) is 10.7 Å². The van der Waals surface area contributed by atoms with Gasteiger partial charge in [0.15, 0.2) is 0 Å². The standard InChI is InChI=1S/C15H21NO2/c17-15(13-8-3-4-9-13)18-16-11-5-10-14(16)12-6-1-2-7-12/h5,10-13H,1-4,6-9H2. The van der Waals surface area contributed by atoms with Crippen molar-refractivity contribution in [2.24, 2.45) is 5.92 Å². The second-order valence-corrected chi connectivity index (χ2v) is 5.63. The minimum Gasteiger partial charge on any atom is -0.337 e. The maximum absolute atomic E-state index is 12.0. The lowest BCUT2D eigenvalue weighted by Gasteiger charge is -2.15. The van der Waals surface area contributed by atoms with Gasteiger partial charge >= 0.3 is 5.97 Å². The molecule has 0 bridgehead atoms. The van der Waals surface area contributed by atoms with Gasteiger partial charge in [-0.1, -0.05) is 25.7 Å². The Labute approximate surface area is 108 Å². The zero-order valence-electron chi connectivity index (χ0n) is 10.8. The Morgan fingerprint density at radius 3 is 2.50 bits per heavy atom. The van der Waals surface area contributed by atoms with E-state index in [1.54, 1.807) is 4.73 Å². The van der Waals surface area contributed by atoms with E-state index >= 15 is 0 Å². The van der Waals surface area contributed by atoms with Crippen LogP contribution in [0.4, 0.5) is 0 Å². The van der Waals surface area contributed by atoms with Crippen LogP contribution >= 0.6 is 0 Å². The summed E-state index contributed by atoms with van der Waals surface area (Å²) in [5, 5.41) is 0. The zero-order valence-corrected chi connectivity index (χ0v) is 10.8. The highest BCUT2D eigenvalue weighted by molar-refractivity contribution is 5.73. The molecule has 0 N–H and O–H groups in total. The Kier molecular flexibility index (Phi) is 3.39. The van der Waals surface area contributed by atoms with Crippen LogP contribution in [0.15, 0.2) is 18.3 Å². The van der Waals surface area contributed by atoms with E-state index in [-0.39, 0.29) is 11.9 Å². The molecule has 2 aliphatic rings. The van der Waals surface area contributed by atoms with Crippen molar-refractivity contribution in [1.82, 2.24) is 4.73 Å². The lowest BCUT2D eigenvalue weighted by molar-refractivity contribution is -0.149. The normalized spacial score (nSPS) is 21.6. The van der Waals surface area contributed by atoms with Crippen molar-refractivity contribution in [3.05, 3.63) is 24.0 Å². The van der Waals surface area contributed by atoms with Crippen LogP contribution in [0.3, 0.4) is 0 Å². The van der Waals surface area contributed by atoms with Gasteiger partial charge in [-0.15, -0.1) is 0 Å². The van der Waals surface area contributed by atoms with E-state index in [0.29, 0.717) is 5.92 Å². The summed E-state index contributed by atoms with van der Waals surface area (Å²) in [6, 6.07) is 4.08. The number of carbonyl (C=O) groups is 1. The minimum absolute atomic E-state index is 0.0389. The number of hydrogen-bond acceptors (Lipinski definition) is 2. The van der Waals surface area contributed by atoms with Crippen LogP contribution in [0.5, 0.6) is 0 Å². The van der Waals surface area contributed by atoms with E-state index in [9.17, 15) is 4.79 Å².